The number of hydrogen-bond donors (Lipinski definition) is 1. The Balaban J connectivity index is 1.71. The molecular weight excluding hydrogens is 226 g/mol. The van der Waals surface area contributed by atoms with E-state index >= 15 is 0 Å². The third kappa shape index (κ3) is 1.98. The van der Waals surface area contributed by atoms with Crippen molar-refractivity contribution < 1.29 is 9.53 Å². The van der Waals surface area contributed by atoms with Crippen LogP contribution in [0, 0.1) is 17.8 Å². The van der Waals surface area contributed by atoms with Crippen molar-refractivity contribution >= 4 is 11.6 Å². The van der Waals surface area contributed by atoms with Crippen LogP contribution in [0.1, 0.15) is 25.7 Å². The Bertz CT molecular complexity index is 458. The lowest BCUT2D eigenvalue weighted by Crippen LogP contribution is -2.27. The molecule has 2 saturated carbocycles. The van der Waals surface area contributed by atoms with Gasteiger partial charge in [0.15, 0.2) is 0 Å². The molecule has 0 spiro atoms. The van der Waals surface area contributed by atoms with Crippen LogP contribution in [-0.4, -0.2) is 13.0 Å². The molecule has 3 unspecified atom stereocenters. The van der Waals surface area contributed by atoms with Gasteiger partial charge in [0.25, 0.3) is 0 Å². The second-order valence-electron chi connectivity index (χ2n) is 5.47. The van der Waals surface area contributed by atoms with E-state index < -0.39 is 0 Å². The van der Waals surface area contributed by atoms with E-state index in [4.69, 9.17) is 4.74 Å². The summed E-state index contributed by atoms with van der Waals surface area (Å²) in [4.78, 5) is 12.3. The van der Waals surface area contributed by atoms with Crippen molar-refractivity contribution in [1.29, 1.82) is 0 Å². The van der Waals surface area contributed by atoms with Crippen molar-refractivity contribution in [3.05, 3.63) is 24.3 Å². The summed E-state index contributed by atoms with van der Waals surface area (Å²) in [6, 6.07) is 7.59. The smallest absolute Gasteiger partial charge is 0.227 e. The summed E-state index contributed by atoms with van der Waals surface area (Å²) in [5, 5.41) is 3.02. The second-order valence-corrected chi connectivity index (χ2v) is 5.47. The molecule has 1 amide bonds. The molecule has 1 aromatic carbocycles. The number of amides is 1. The minimum atomic E-state index is 0.173. The van der Waals surface area contributed by atoms with Crippen molar-refractivity contribution in [3.63, 3.8) is 0 Å². The fourth-order valence-electron chi connectivity index (χ4n) is 3.54. The van der Waals surface area contributed by atoms with Gasteiger partial charge in [0, 0.05) is 5.92 Å². The molecule has 3 nitrogen and oxygen atoms in total. The number of methoxy groups -OCH3 is 1. The van der Waals surface area contributed by atoms with Crippen molar-refractivity contribution in [1.82, 2.24) is 0 Å². The van der Waals surface area contributed by atoms with Crippen LogP contribution in [0.15, 0.2) is 24.3 Å². The normalized spacial score (nSPS) is 29.3. The number of fused-ring (bicyclic) bond motifs is 2. The summed E-state index contributed by atoms with van der Waals surface area (Å²) in [6.07, 6.45) is 4.88. The highest BCUT2D eigenvalue weighted by atomic mass is 16.5. The lowest BCUT2D eigenvalue weighted by Gasteiger charge is -2.21. The molecule has 2 fully saturated rings. The number of anilines is 1. The van der Waals surface area contributed by atoms with Gasteiger partial charge in [-0.2, -0.15) is 0 Å². The molecule has 0 aromatic heterocycles. The van der Waals surface area contributed by atoms with Gasteiger partial charge in [0.2, 0.25) is 5.91 Å². The first kappa shape index (κ1) is 11.6. The number of nitrogens with one attached hydrogen (secondary N) is 1. The first-order valence-corrected chi connectivity index (χ1v) is 6.72. The molecule has 1 N–H and O–H groups in total. The van der Waals surface area contributed by atoms with E-state index in [-0.39, 0.29) is 11.8 Å². The van der Waals surface area contributed by atoms with Crippen LogP contribution >= 0.6 is 0 Å². The maximum atomic E-state index is 12.3. The fourth-order valence-corrected chi connectivity index (χ4v) is 3.54. The monoisotopic (exact) mass is 245 g/mol. The zero-order valence-electron chi connectivity index (χ0n) is 10.7. The third-order valence-electron chi connectivity index (χ3n) is 4.44. The molecule has 0 saturated heterocycles. The zero-order valence-corrected chi connectivity index (χ0v) is 10.7. The summed E-state index contributed by atoms with van der Waals surface area (Å²) in [5.74, 6) is 2.53. The van der Waals surface area contributed by atoms with Crippen LogP contribution in [0.25, 0.3) is 0 Å². The fraction of sp³-hybridized carbons (Fsp3) is 0.533. The van der Waals surface area contributed by atoms with Crippen molar-refractivity contribution in [3.8, 4) is 5.75 Å². The summed E-state index contributed by atoms with van der Waals surface area (Å²) >= 11 is 0. The zero-order chi connectivity index (χ0) is 12.5. The van der Waals surface area contributed by atoms with E-state index in [0.717, 1.165) is 23.8 Å². The largest absolute Gasteiger partial charge is 0.495 e. The summed E-state index contributed by atoms with van der Waals surface area (Å²) in [5.41, 5.74) is 0.785. The van der Waals surface area contributed by atoms with Crippen LogP contribution < -0.4 is 10.1 Å². The minimum absolute atomic E-state index is 0.173. The number of hydrogen-bond acceptors (Lipinski definition) is 2. The van der Waals surface area contributed by atoms with Crippen molar-refractivity contribution in [2.45, 2.75) is 25.7 Å². The van der Waals surface area contributed by atoms with Gasteiger partial charge < -0.3 is 10.1 Å². The van der Waals surface area contributed by atoms with Crippen LogP contribution in [0.5, 0.6) is 5.75 Å². The second kappa shape index (κ2) is 4.63. The Morgan fingerprint density at radius 3 is 2.78 bits per heavy atom. The maximum absolute atomic E-state index is 12.3. The minimum Gasteiger partial charge on any atom is -0.495 e. The Labute approximate surface area is 108 Å². The Kier molecular flexibility index (Phi) is 2.98. The van der Waals surface area contributed by atoms with Gasteiger partial charge in [-0.25, -0.2) is 0 Å². The van der Waals surface area contributed by atoms with E-state index in [9.17, 15) is 4.79 Å². The molecule has 3 rings (SSSR count). The number of para-hydroxylation sites is 2. The Hall–Kier alpha value is -1.51. The van der Waals surface area contributed by atoms with Crippen LogP contribution in [0.3, 0.4) is 0 Å². The topological polar surface area (TPSA) is 38.3 Å². The van der Waals surface area contributed by atoms with Gasteiger partial charge in [0.1, 0.15) is 5.75 Å². The van der Waals surface area contributed by atoms with Gasteiger partial charge in [-0.05, 0) is 43.2 Å². The molecule has 1 aromatic rings. The van der Waals surface area contributed by atoms with Gasteiger partial charge in [0.05, 0.1) is 12.8 Å². The van der Waals surface area contributed by atoms with Crippen molar-refractivity contribution in [2.75, 3.05) is 12.4 Å². The Morgan fingerprint density at radius 2 is 2.11 bits per heavy atom. The van der Waals surface area contributed by atoms with E-state index in [1.54, 1.807) is 7.11 Å². The lowest BCUT2D eigenvalue weighted by atomic mass is 9.88. The number of carbonyl (C=O) groups excluding carboxylic acids is 1. The lowest BCUT2D eigenvalue weighted by molar-refractivity contribution is -0.121. The Morgan fingerprint density at radius 1 is 1.28 bits per heavy atom. The summed E-state index contributed by atoms with van der Waals surface area (Å²) < 4.78 is 5.26. The number of carbonyl (C=O) groups is 1. The highest BCUT2D eigenvalue weighted by molar-refractivity contribution is 5.94. The molecule has 2 bridgehead atoms. The first-order chi connectivity index (χ1) is 8.78. The first-order valence-electron chi connectivity index (χ1n) is 6.72. The van der Waals surface area contributed by atoms with Crippen LogP contribution in [-0.2, 0) is 4.79 Å². The van der Waals surface area contributed by atoms with E-state index in [1.165, 1.54) is 19.3 Å². The van der Waals surface area contributed by atoms with Crippen molar-refractivity contribution in [2.24, 2.45) is 17.8 Å². The number of ether oxygens (including phenoxy) is 1. The van der Waals surface area contributed by atoms with Crippen LogP contribution in [0.4, 0.5) is 5.69 Å². The molecule has 3 atom stereocenters. The molecule has 2 aliphatic rings. The molecule has 0 aliphatic heterocycles. The summed E-state index contributed by atoms with van der Waals surface area (Å²) in [7, 11) is 1.63. The van der Waals surface area contributed by atoms with Gasteiger partial charge in [-0.1, -0.05) is 18.6 Å². The van der Waals surface area contributed by atoms with E-state index in [1.807, 2.05) is 24.3 Å². The highest BCUT2D eigenvalue weighted by Gasteiger charge is 2.43. The van der Waals surface area contributed by atoms with Gasteiger partial charge >= 0.3 is 0 Å². The average molecular weight is 245 g/mol. The highest BCUT2D eigenvalue weighted by Crippen LogP contribution is 2.48. The van der Waals surface area contributed by atoms with E-state index in [0.29, 0.717) is 5.92 Å². The predicted molar refractivity (Wildman–Crippen MR) is 70.6 cm³/mol. The predicted octanol–water partition coefficient (Wildman–Crippen LogP) is 3.07. The maximum Gasteiger partial charge on any atom is 0.227 e. The molecular formula is C15H19NO2. The molecule has 2 aliphatic carbocycles. The number of rotatable bonds is 3. The molecule has 0 heterocycles. The SMILES string of the molecule is COc1ccccc1NC(=O)C1CC2CCC1C2. The van der Waals surface area contributed by atoms with E-state index in [2.05, 4.69) is 5.32 Å². The number of benzene rings is 1. The third-order valence-corrected chi connectivity index (χ3v) is 4.44. The molecule has 0 radical (unpaired) electrons. The summed E-state index contributed by atoms with van der Waals surface area (Å²) in [6.45, 7) is 0. The average Bonchev–Trinajstić information content (AvgIpc) is 3.01. The van der Waals surface area contributed by atoms with Gasteiger partial charge in [-0.3, -0.25) is 4.79 Å². The quantitative estimate of drug-likeness (QED) is 0.888. The molecule has 96 valence electrons. The standard InChI is InChI=1S/C15H19NO2/c1-18-14-5-3-2-4-13(14)16-15(17)12-9-10-6-7-11(12)8-10/h2-5,10-12H,6-9H2,1H3,(H,16,17). The van der Waals surface area contributed by atoms with Gasteiger partial charge in [-0.15, -0.1) is 0 Å². The molecule has 3 heteroatoms. The van der Waals surface area contributed by atoms with Crippen LogP contribution in [0.2, 0.25) is 0 Å². The molecule has 18 heavy (non-hydrogen) atoms.